The molecule has 6 rings (SSSR count). The standard InChI is InChI=1S/C37H42N4O5Si/c1-47(2,3)19-18-46-34(43)21-27(20-25-12-6-4-7-13-25)38-36(44)32-22-29-28-16-10-11-17-30(28)39-35(29)31-23-33(42)40(37(45)41(31)32)24-26-14-8-5-9-15-26/h4-17,27,31-32,39H,18-24H2,1-3H3,(H,38,44)/t27-,31+,32-/m0/s1. The van der Waals surface area contributed by atoms with Gasteiger partial charge in [0, 0.05) is 37.1 Å². The Morgan fingerprint density at radius 3 is 2.28 bits per heavy atom. The summed E-state index contributed by atoms with van der Waals surface area (Å²) in [5.41, 5.74) is 4.43. The maximum absolute atomic E-state index is 14.4. The molecule has 1 saturated heterocycles. The van der Waals surface area contributed by atoms with E-state index in [0.717, 1.165) is 39.3 Å². The van der Waals surface area contributed by atoms with Crippen molar-refractivity contribution in [3.8, 4) is 0 Å². The maximum atomic E-state index is 14.4. The molecule has 0 bridgehead atoms. The first-order chi connectivity index (χ1) is 22.6. The van der Waals surface area contributed by atoms with E-state index in [9.17, 15) is 19.2 Å². The van der Waals surface area contributed by atoms with E-state index in [1.807, 2.05) is 84.9 Å². The Balaban J connectivity index is 1.29. The number of rotatable bonds is 11. The van der Waals surface area contributed by atoms with Gasteiger partial charge in [-0.25, -0.2) is 4.79 Å². The molecule has 1 aromatic heterocycles. The van der Waals surface area contributed by atoms with Crippen LogP contribution in [-0.4, -0.2) is 65.4 Å². The first-order valence-electron chi connectivity index (χ1n) is 16.3. The molecule has 0 spiro atoms. The van der Waals surface area contributed by atoms with Crippen molar-refractivity contribution in [3.63, 3.8) is 0 Å². The molecule has 10 heteroatoms. The zero-order valence-electron chi connectivity index (χ0n) is 27.2. The van der Waals surface area contributed by atoms with Gasteiger partial charge in [0.1, 0.15) is 6.04 Å². The fourth-order valence-corrected chi connectivity index (χ4v) is 7.32. The summed E-state index contributed by atoms with van der Waals surface area (Å²) in [5, 5.41) is 4.11. The summed E-state index contributed by atoms with van der Waals surface area (Å²) in [6, 6.07) is 25.2. The lowest BCUT2D eigenvalue weighted by atomic mass is 9.88. The Labute approximate surface area is 276 Å². The largest absolute Gasteiger partial charge is 0.466 e. The van der Waals surface area contributed by atoms with Crippen molar-refractivity contribution in [2.24, 2.45) is 0 Å². The van der Waals surface area contributed by atoms with E-state index in [1.54, 1.807) is 4.90 Å². The summed E-state index contributed by atoms with van der Waals surface area (Å²) >= 11 is 0. The number of amides is 4. The molecule has 1 fully saturated rings. The molecule has 0 aliphatic carbocycles. The molecular weight excluding hydrogens is 609 g/mol. The van der Waals surface area contributed by atoms with Gasteiger partial charge >= 0.3 is 12.0 Å². The van der Waals surface area contributed by atoms with Crippen LogP contribution in [0.1, 0.15) is 41.3 Å². The summed E-state index contributed by atoms with van der Waals surface area (Å²) in [7, 11) is -1.39. The normalized spacial score (nSPS) is 18.4. The highest BCUT2D eigenvalue weighted by molar-refractivity contribution is 6.76. The number of esters is 1. The van der Waals surface area contributed by atoms with Gasteiger partial charge < -0.3 is 19.9 Å². The number of aromatic nitrogens is 1. The van der Waals surface area contributed by atoms with Gasteiger partial charge in [0.15, 0.2) is 0 Å². The zero-order valence-corrected chi connectivity index (χ0v) is 28.2. The van der Waals surface area contributed by atoms with E-state index in [0.29, 0.717) is 13.0 Å². The summed E-state index contributed by atoms with van der Waals surface area (Å²) < 4.78 is 5.61. The van der Waals surface area contributed by atoms with Gasteiger partial charge in [0.05, 0.1) is 32.0 Å². The Kier molecular flexibility index (Phi) is 9.31. The second-order valence-electron chi connectivity index (χ2n) is 13.8. The number of ether oxygens (including phenoxy) is 1. The molecule has 0 radical (unpaired) electrons. The van der Waals surface area contributed by atoms with E-state index in [1.165, 1.54) is 4.90 Å². The second-order valence-corrected chi connectivity index (χ2v) is 19.4. The third-order valence-corrected chi connectivity index (χ3v) is 10.8. The van der Waals surface area contributed by atoms with Crippen molar-refractivity contribution in [1.29, 1.82) is 0 Å². The first kappa shape index (κ1) is 32.2. The fourth-order valence-electron chi connectivity index (χ4n) is 6.60. The molecule has 3 heterocycles. The van der Waals surface area contributed by atoms with Gasteiger partial charge in [-0.2, -0.15) is 0 Å². The lowest BCUT2D eigenvalue weighted by molar-refractivity contribution is -0.144. The molecule has 3 atom stereocenters. The number of fused-ring (bicyclic) bond motifs is 5. The third-order valence-electron chi connectivity index (χ3n) is 9.06. The van der Waals surface area contributed by atoms with Crippen LogP contribution in [0.15, 0.2) is 84.9 Å². The number of benzene rings is 3. The number of imide groups is 1. The number of carbonyl (C=O) groups is 4. The molecule has 4 aromatic rings. The number of carbonyl (C=O) groups excluding carboxylic acids is 4. The summed E-state index contributed by atoms with van der Waals surface area (Å²) in [5.74, 6) is -1.00. The quantitative estimate of drug-likeness (QED) is 0.153. The van der Waals surface area contributed by atoms with Gasteiger partial charge in [0.25, 0.3) is 0 Å². The molecule has 244 valence electrons. The first-order valence-corrected chi connectivity index (χ1v) is 20.0. The minimum atomic E-state index is -1.39. The monoisotopic (exact) mass is 650 g/mol. The SMILES string of the molecule is C[Si](C)(C)CCOC(=O)C[C@H](Cc1ccccc1)NC(=O)[C@@H]1Cc2c([nH]c3ccccc23)[C@H]2CC(=O)N(Cc3ccccc3)C(=O)N21. The molecule has 9 nitrogen and oxygen atoms in total. The topological polar surface area (TPSA) is 112 Å². The number of aromatic amines is 1. The summed E-state index contributed by atoms with van der Waals surface area (Å²) in [6.07, 6.45) is 0.767. The molecule has 2 aliphatic heterocycles. The number of hydrogen-bond donors (Lipinski definition) is 2. The Hall–Kier alpha value is -4.70. The van der Waals surface area contributed by atoms with E-state index in [4.69, 9.17) is 4.74 Å². The van der Waals surface area contributed by atoms with E-state index in [-0.39, 0.29) is 43.6 Å². The van der Waals surface area contributed by atoms with Gasteiger partial charge in [-0.05, 0) is 35.2 Å². The maximum Gasteiger partial charge on any atom is 0.328 e. The molecule has 2 N–H and O–H groups in total. The molecule has 0 unspecified atom stereocenters. The van der Waals surface area contributed by atoms with Crippen LogP contribution in [-0.2, 0) is 38.5 Å². The van der Waals surface area contributed by atoms with Crippen molar-refractivity contribution in [3.05, 3.63) is 107 Å². The number of nitrogens with zero attached hydrogens (tertiary/aromatic N) is 2. The van der Waals surface area contributed by atoms with Crippen molar-refractivity contribution >= 4 is 42.8 Å². The number of urea groups is 1. The van der Waals surface area contributed by atoms with Crippen LogP contribution in [0.5, 0.6) is 0 Å². The molecule has 3 aromatic carbocycles. The summed E-state index contributed by atoms with van der Waals surface area (Å²) in [6.45, 7) is 7.17. The van der Waals surface area contributed by atoms with Crippen molar-refractivity contribution in [2.75, 3.05) is 6.61 Å². The minimum absolute atomic E-state index is 0.00732. The predicted molar refractivity (Wildman–Crippen MR) is 183 cm³/mol. The van der Waals surface area contributed by atoms with Crippen LogP contribution in [0.25, 0.3) is 10.9 Å². The van der Waals surface area contributed by atoms with Crippen LogP contribution >= 0.6 is 0 Å². The fraction of sp³-hybridized carbons (Fsp3) is 0.351. The van der Waals surface area contributed by atoms with Crippen molar-refractivity contribution in [2.45, 2.75) is 76.0 Å². The zero-order chi connectivity index (χ0) is 33.1. The minimum Gasteiger partial charge on any atom is -0.466 e. The van der Waals surface area contributed by atoms with E-state index >= 15 is 0 Å². The molecular formula is C37H42N4O5Si. The highest BCUT2D eigenvalue weighted by Crippen LogP contribution is 2.42. The Morgan fingerprint density at radius 2 is 1.57 bits per heavy atom. The Morgan fingerprint density at radius 1 is 0.915 bits per heavy atom. The van der Waals surface area contributed by atoms with Crippen molar-refractivity contribution in [1.82, 2.24) is 20.1 Å². The van der Waals surface area contributed by atoms with Gasteiger partial charge in [-0.3, -0.25) is 19.3 Å². The van der Waals surface area contributed by atoms with Crippen LogP contribution in [0.3, 0.4) is 0 Å². The van der Waals surface area contributed by atoms with Crippen LogP contribution in [0.4, 0.5) is 4.79 Å². The average molecular weight is 651 g/mol. The lowest BCUT2D eigenvalue weighted by Gasteiger charge is -2.46. The van der Waals surface area contributed by atoms with Crippen LogP contribution in [0, 0.1) is 0 Å². The van der Waals surface area contributed by atoms with Gasteiger partial charge in [0.2, 0.25) is 11.8 Å². The molecule has 0 saturated carbocycles. The van der Waals surface area contributed by atoms with Crippen LogP contribution < -0.4 is 5.32 Å². The molecule has 2 aliphatic rings. The predicted octanol–water partition coefficient (Wildman–Crippen LogP) is 5.99. The molecule has 47 heavy (non-hydrogen) atoms. The van der Waals surface area contributed by atoms with E-state index in [2.05, 4.69) is 29.9 Å². The lowest BCUT2D eigenvalue weighted by Crippen LogP contribution is -2.62. The van der Waals surface area contributed by atoms with Crippen LogP contribution in [0.2, 0.25) is 25.7 Å². The number of H-pyrrole nitrogens is 1. The summed E-state index contributed by atoms with van der Waals surface area (Å²) in [4.78, 5) is 61.4. The Bertz CT molecular complexity index is 1770. The number of para-hydroxylation sites is 1. The third kappa shape index (κ3) is 7.33. The van der Waals surface area contributed by atoms with Gasteiger partial charge in [-0.15, -0.1) is 0 Å². The number of hydrogen-bond acceptors (Lipinski definition) is 5. The molecule has 4 amide bonds. The smallest absolute Gasteiger partial charge is 0.328 e. The van der Waals surface area contributed by atoms with Gasteiger partial charge in [-0.1, -0.05) is 98.5 Å². The van der Waals surface area contributed by atoms with E-state index < -0.39 is 32.2 Å². The highest BCUT2D eigenvalue weighted by atomic mass is 28.3. The van der Waals surface area contributed by atoms with Crippen molar-refractivity contribution < 1.29 is 23.9 Å². The number of nitrogens with one attached hydrogen (secondary N) is 2. The second kappa shape index (κ2) is 13.6. The average Bonchev–Trinajstić information content (AvgIpc) is 3.42. The highest BCUT2D eigenvalue weighted by Gasteiger charge is 2.49.